The monoisotopic (exact) mass is 1440 g/mol. The number of hydrogen-bond donors (Lipinski definition) is 6. The molecule has 27 heteroatoms. The lowest BCUT2D eigenvalue weighted by Gasteiger charge is -2.42. The summed E-state index contributed by atoms with van der Waals surface area (Å²) in [5, 5.41) is 30.8. The molecule has 3 aromatic carbocycles. The largest absolute Gasteiger partial charge is 0.495 e. The average molecular weight is 1440 g/mol. The Balaban J connectivity index is 0.948. The number of para-hydroxylation sites is 1. The van der Waals surface area contributed by atoms with Crippen molar-refractivity contribution in [2.24, 2.45) is 23.5 Å². The highest BCUT2D eigenvalue weighted by molar-refractivity contribution is 6.35. The van der Waals surface area contributed by atoms with Crippen molar-refractivity contribution in [1.29, 1.82) is 0 Å². The Morgan fingerprint density at radius 1 is 0.912 bits per heavy atom. The van der Waals surface area contributed by atoms with Crippen LogP contribution >= 0.6 is 11.6 Å². The summed E-state index contributed by atoms with van der Waals surface area (Å²) < 4.78 is 43.3. The van der Waals surface area contributed by atoms with Gasteiger partial charge in [0.1, 0.15) is 52.6 Å². The molecule has 0 aliphatic carbocycles. The number of amides is 5. The molecule has 558 valence electrons. The van der Waals surface area contributed by atoms with Gasteiger partial charge in [0.15, 0.2) is 11.5 Å². The lowest BCUT2D eigenvalue weighted by atomic mass is 9.83. The van der Waals surface area contributed by atoms with Crippen molar-refractivity contribution in [3.05, 3.63) is 118 Å². The number of ketones is 2. The number of carbonyl (C=O) groups excluding carboxylic acids is 8. The lowest BCUT2D eigenvalue weighted by Crippen LogP contribution is -2.63. The number of anilines is 1. The van der Waals surface area contributed by atoms with E-state index in [1.165, 1.54) is 45.0 Å². The Bertz CT molecular complexity index is 3620. The molecule has 4 bridgehead atoms. The smallest absolute Gasteiger partial charge is 0.409 e. The molecule has 1 aromatic heterocycles. The van der Waals surface area contributed by atoms with Gasteiger partial charge in [-0.05, 0) is 107 Å². The van der Waals surface area contributed by atoms with Crippen LogP contribution in [0.1, 0.15) is 128 Å². The zero-order valence-electron chi connectivity index (χ0n) is 60.4. The highest BCUT2D eigenvalue weighted by Gasteiger charge is 2.64. The summed E-state index contributed by atoms with van der Waals surface area (Å²) in [7, 11) is 7.83. The van der Waals surface area contributed by atoms with Gasteiger partial charge in [-0.25, -0.2) is 9.59 Å². The zero-order chi connectivity index (χ0) is 74.4. The van der Waals surface area contributed by atoms with Gasteiger partial charge in [0.05, 0.1) is 51.7 Å². The number of methoxy groups -OCH3 is 2. The van der Waals surface area contributed by atoms with Gasteiger partial charge in [-0.2, -0.15) is 0 Å². The number of aliphatic carboxylic acids is 1. The number of benzene rings is 3. The number of nitrogens with one attached hydrogen (secondary N) is 3. The molecule has 11 atom stereocenters. The standard InChI is InChI=1S/C75H103ClN8O18/c1-11-81(6)46-55-41-52-23-15-16-25-57(52)84(55)33-29-56(85)42-53(27-28-66(89)90)70(91)78-32-35-99-37-36-98-34-30-64(87)79-68(51-21-13-12-14-22-51)59(86)43-54(24-17-18-31-77)71(92)82(7)49(4)72(93)101-63-44-65(88)83(8)58-39-50(40-60(96-9)67(58)76)38-47(2)20-19-26-62(97-10)75(95)45-61(100-73(94)80-75)48(3)69-74(63,5)102-69/h12-16,19-23,25-26,39-41,48-49,53-54,61-63,68-69,95H,11,17-18,24,27-38,42-46,77H2,1-10H3,(H,78,91)(H,79,87)(H,80,94)(H,89,90)/b26-19+,47-20+/t48-,49+,53-,54-,61+,62-,63+,68+,69+,74+,75+/m1/s1. The minimum absolute atomic E-state index is 0.00950. The summed E-state index contributed by atoms with van der Waals surface area (Å²) in [5.74, 6) is -6.87. The summed E-state index contributed by atoms with van der Waals surface area (Å²) in [4.78, 5) is 129. The van der Waals surface area contributed by atoms with E-state index in [2.05, 4.69) is 38.4 Å². The first-order valence-corrected chi connectivity index (χ1v) is 35.4. The van der Waals surface area contributed by atoms with Crippen LogP contribution in [0.2, 0.25) is 5.02 Å². The fourth-order valence-corrected chi connectivity index (χ4v) is 13.4. The van der Waals surface area contributed by atoms with Crippen molar-refractivity contribution in [3.8, 4) is 5.75 Å². The Labute approximate surface area is 602 Å². The van der Waals surface area contributed by atoms with E-state index in [-0.39, 0.29) is 95.1 Å². The van der Waals surface area contributed by atoms with Crippen LogP contribution in [0, 0.1) is 17.8 Å². The second-order valence-corrected chi connectivity index (χ2v) is 27.4. The van der Waals surface area contributed by atoms with Gasteiger partial charge >= 0.3 is 18.0 Å². The number of carboxylic acid groups (broad SMARTS) is 1. The van der Waals surface area contributed by atoms with Gasteiger partial charge in [0.25, 0.3) is 0 Å². The fraction of sp³-hybridized carbons (Fsp3) is 0.560. The van der Waals surface area contributed by atoms with Crippen LogP contribution in [0.15, 0.2) is 96.6 Å². The Kier molecular flexibility index (Phi) is 30.6. The maximum absolute atomic E-state index is 14.8. The fourth-order valence-electron chi connectivity index (χ4n) is 13.1. The van der Waals surface area contributed by atoms with Crippen LogP contribution in [0.5, 0.6) is 5.75 Å². The number of carboxylic acids is 1. The van der Waals surface area contributed by atoms with E-state index in [4.69, 9.17) is 50.5 Å². The van der Waals surface area contributed by atoms with Crippen LogP contribution < -0.4 is 31.3 Å². The molecule has 3 aliphatic rings. The minimum atomic E-state index is -1.93. The van der Waals surface area contributed by atoms with E-state index < -0.39 is 119 Å². The van der Waals surface area contributed by atoms with Gasteiger partial charge in [-0.3, -0.25) is 38.9 Å². The normalized spacial score (nSPS) is 22.7. The summed E-state index contributed by atoms with van der Waals surface area (Å²) in [6, 6.07) is 19.7. The molecule has 0 saturated carbocycles. The number of rotatable bonds is 36. The second kappa shape index (κ2) is 38.4. The average Bonchev–Trinajstić information content (AvgIpc) is 1.57. The number of aliphatic hydroxyl groups is 1. The maximum atomic E-state index is 14.8. The number of fused-ring (bicyclic) bond motifs is 6. The Hall–Kier alpha value is -8.08. The predicted molar refractivity (Wildman–Crippen MR) is 382 cm³/mol. The molecule has 3 aliphatic heterocycles. The van der Waals surface area contributed by atoms with Gasteiger partial charge in [-0.15, -0.1) is 0 Å². The first-order valence-electron chi connectivity index (χ1n) is 35.0. The molecule has 4 heterocycles. The number of carbonyl (C=O) groups is 9. The zero-order valence-corrected chi connectivity index (χ0v) is 61.1. The van der Waals surface area contributed by atoms with Crippen molar-refractivity contribution in [2.45, 2.75) is 173 Å². The molecule has 0 radical (unpaired) electrons. The van der Waals surface area contributed by atoms with Gasteiger partial charge in [-0.1, -0.05) is 104 Å². The molecule has 5 amide bonds. The van der Waals surface area contributed by atoms with Crippen LogP contribution in [0.25, 0.3) is 10.9 Å². The number of halogens is 1. The molecule has 7 N–H and O–H groups in total. The predicted octanol–water partition coefficient (Wildman–Crippen LogP) is 7.55. The number of alkyl carbamates (subject to hydrolysis) is 1. The number of aryl methyl sites for hydroxylation is 1. The molecule has 4 aromatic rings. The van der Waals surface area contributed by atoms with E-state index in [1.54, 1.807) is 68.5 Å². The maximum Gasteiger partial charge on any atom is 0.409 e. The van der Waals surface area contributed by atoms with E-state index in [9.17, 15) is 53.4 Å². The highest BCUT2D eigenvalue weighted by atomic mass is 35.5. The number of nitrogens with zero attached hydrogens (tertiary/aromatic N) is 4. The van der Waals surface area contributed by atoms with Crippen molar-refractivity contribution in [3.63, 3.8) is 0 Å². The van der Waals surface area contributed by atoms with Crippen LogP contribution in [-0.2, 0) is 86.3 Å². The number of likely N-dealkylation sites (N-methyl/N-ethyl adjacent to an activating group) is 1. The molecule has 2 saturated heterocycles. The molecular formula is C75H103ClN8O18. The van der Waals surface area contributed by atoms with Gasteiger partial charge in [0, 0.05) is 108 Å². The van der Waals surface area contributed by atoms with E-state index in [0.717, 1.165) is 34.3 Å². The number of hydrogen-bond acceptors (Lipinski definition) is 19. The molecule has 7 rings (SSSR count). The molecule has 2 fully saturated rings. The van der Waals surface area contributed by atoms with Crippen molar-refractivity contribution in [1.82, 2.24) is 30.3 Å². The van der Waals surface area contributed by atoms with E-state index in [0.29, 0.717) is 55.9 Å². The third-order valence-corrected chi connectivity index (χ3v) is 19.8. The molecule has 0 unspecified atom stereocenters. The molecule has 102 heavy (non-hydrogen) atoms. The van der Waals surface area contributed by atoms with Crippen LogP contribution in [0.3, 0.4) is 0 Å². The van der Waals surface area contributed by atoms with Crippen molar-refractivity contribution in [2.75, 3.05) is 86.3 Å². The number of epoxide rings is 1. The first-order chi connectivity index (χ1) is 48.6. The number of nitrogens with two attached hydrogens (primary N) is 1. The van der Waals surface area contributed by atoms with Crippen molar-refractivity contribution < 1.29 is 86.5 Å². The van der Waals surface area contributed by atoms with Crippen molar-refractivity contribution >= 4 is 81.4 Å². The van der Waals surface area contributed by atoms with Crippen LogP contribution in [-0.4, -0.2) is 201 Å². The van der Waals surface area contributed by atoms with E-state index >= 15 is 0 Å². The summed E-state index contributed by atoms with van der Waals surface area (Å²) in [6.45, 7) is 11.4. The highest BCUT2D eigenvalue weighted by Crippen LogP contribution is 2.49. The third kappa shape index (κ3) is 22.2. The minimum Gasteiger partial charge on any atom is -0.495 e. The number of allylic oxidation sites excluding steroid dienone is 3. The molecular weight excluding hydrogens is 1340 g/mol. The second-order valence-electron chi connectivity index (χ2n) is 27.0. The van der Waals surface area contributed by atoms with E-state index in [1.807, 2.05) is 44.3 Å². The van der Waals surface area contributed by atoms with Gasteiger partial charge < -0.3 is 79.0 Å². The number of esters is 1. The quantitative estimate of drug-likeness (QED) is 0.0145. The topological polar surface area (TPSA) is 339 Å². The molecule has 0 spiro atoms. The number of Topliss-reactive ketones (excluding diaryl/α,β-unsaturated/α-hetero) is 2. The summed E-state index contributed by atoms with van der Waals surface area (Å²) in [6.07, 6.45) is 0.391. The van der Waals surface area contributed by atoms with Gasteiger partial charge in [0.2, 0.25) is 23.6 Å². The summed E-state index contributed by atoms with van der Waals surface area (Å²) in [5.41, 5.74) is 7.05. The lowest BCUT2D eigenvalue weighted by molar-refractivity contribution is -0.163. The van der Waals surface area contributed by atoms with Crippen LogP contribution in [0.4, 0.5) is 10.5 Å². The SMILES string of the molecule is CCN(C)Cc1cc2ccccc2n1CCC(=O)C[C@@H](CCC(=O)O)C(=O)NCCOCCOCCC(=O)N[C@H](C(=O)C[C@@H](CCCCN)C(=O)N(C)[C@@H](C)C(=O)O[C@H]1CC(=O)N(C)c2cc(cc(OC)c2Cl)C/C(C)=C/C=C/[C@@H](OC)[C@@]2(O)C[C@H](OC(=O)N2)[C@@H](C)[C@@H]2O[C@@]12C)c1ccccc1. The number of unbranched alkanes of at least 4 members (excludes halogenated alkanes) is 1. The first kappa shape index (κ1) is 81.2. The summed E-state index contributed by atoms with van der Waals surface area (Å²) >= 11 is 6.90. The number of ether oxygens (including phenoxy) is 7. The Morgan fingerprint density at radius 3 is 2.32 bits per heavy atom. The third-order valence-electron chi connectivity index (χ3n) is 19.5. The Morgan fingerprint density at radius 2 is 1.63 bits per heavy atom. The number of aromatic nitrogens is 1. The molecule has 26 nitrogen and oxygen atoms in total.